The molecule has 0 aliphatic carbocycles. The summed E-state index contributed by atoms with van der Waals surface area (Å²) < 4.78 is 1.12. The largest absolute Gasteiger partial charge is 1.00 e. The molecule has 0 saturated heterocycles. The first-order valence-corrected chi connectivity index (χ1v) is 5.86. The topological polar surface area (TPSA) is 0 Å². The molecule has 104 valence electrons. The zero-order chi connectivity index (χ0) is 10.2. The van der Waals surface area contributed by atoms with Crippen LogP contribution in [0.25, 0.3) is 0 Å². The van der Waals surface area contributed by atoms with Crippen molar-refractivity contribution in [1.82, 2.24) is 0 Å². The van der Waals surface area contributed by atoms with Gasteiger partial charge in [-0.15, -0.1) is 17.0 Å². The van der Waals surface area contributed by atoms with Gasteiger partial charge in [0, 0.05) is 0 Å². The molecule has 0 aliphatic heterocycles. The Morgan fingerprint density at radius 3 is 1.50 bits per heavy atom. The van der Waals surface area contributed by atoms with Crippen LogP contribution in [0, 0.1) is 0 Å². The van der Waals surface area contributed by atoms with Crippen LogP contribution < -0.4 is 17.0 Å². The third-order valence-corrected chi connectivity index (χ3v) is 2.43. The van der Waals surface area contributed by atoms with E-state index >= 15 is 0 Å². The van der Waals surface area contributed by atoms with Crippen LogP contribution in [-0.4, -0.2) is 32.2 Å². The van der Waals surface area contributed by atoms with Crippen LogP contribution in [0.15, 0.2) is 0 Å². The number of unbranched alkanes of at least 4 members (excludes halogenated alkanes) is 6. The third-order valence-electron chi connectivity index (χ3n) is 2.43. The second-order valence-electron chi connectivity index (χ2n) is 5.14. The number of hydrogen-bond donors (Lipinski definition) is 0. The van der Waals surface area contributed by atoms with Gasteiger partial charge in [0.1, 0.15) is 0 Å². The Hall–Kier alpha value is 1.35. The highest BCUT2D eigenvalue weighted by molar-refractivity contribution is 8.93. The zero-order valence-electron chi connectivity index (χ0n) is 11.6. The predicted molar refractivity (Wildman–Crippen MR) is 82.3 cm³/mol. The van der Waals surface area contributed by atoms with Crippen molar-refractivity contribution >= 4 is 26.9 Å². The SMILES string of the molecule is Br.CCCCCCCCC[N+](C)(C)C.P.[Br-]. The lowest BCUT2D eigenvalue weighted by molar-refractivity contribution is -0.870. The van der Waals surface area contributed by atoms with E-state index in [0.717, 1.165) is 4.48 Å². The minimum absolute atomic E-state index is 0. The van der Waals surface area contributed by atoms with Crippen molar-refractivity contribution < 1.29 is 21.5 Å². The van der Waals surface area contributed by atoms with E-state index in [1.165, 1.54) is 51.5 Å². The molecule has 1 atom stereocenters. The summed E-state index contributed by atoms with van der Waals surface area (Å²) in [5.41, 5.74) is 0. The van der Waals surface area contributed by atoms with E-state index in [0.29, 0.717) is 0 Å². The second-order valence-corrected chi connectivity index (χ2v) is 5.14. The molecule has 0 saturated carbocycles. The Labute approximate surface area is 127 Å². The summed E-state index contributed by atoms with van der Waals surface area (Å²) in [4.78, 5) is 0. The van der Waals surface area contributed by atoms with Gasteiger partial charge in [-0.05, 0) is 12.8 Å². The molecule has 0 heterocycles. The monoisotopic (exact) mass is 379 g/mol. The molecule has 1 nitrogen and oxygen atoms in total. The van der Waals surface area contributed by atoms with Gasteiger partial charge < -0.3 is 21.5 Å². The summed E-state index contributed by atoms with van der Waals surface area (Å²) >= 11 is 0. The molecule has 0 radical (unpaired) electrons. The fourth-order valence-corrected chi connectivity index (χ4v) is 1.54. The van der Waals surface area contributed by atoms with Crippen molar-refractivity contribution in [2.24, 2.45) is 0 Å². The quantitative estimate of drug-likeness (QED) is 0.336. The zero-order valence-corrected chi connectivity index (χ0v) is 16.3. The number of rotatable bonds is 8. The lowest BCUT2D eigenvalue weighted by Gasteiger charge is -2.23. The van der Waals surface area contributed by atoms with Gasteiger partial charge in [0.15, 0.2) is 0 Å². The van der Waals surface area contributed by atoms with Crippen molar-refractivity contribution in [3.63, 3.8) is 0 Å². The fourth-order valence-electron chi connectivity index (χ4n) is 1.54. The summed E-state index contributed by atoms with van der Waals surface area (Å²) in [5.74, 6) is 0. The van der Waals surface area contributed by atoms with Gasteiger partial charge in [0.2, 0.25) is 0 Å². The molecule has 0 bridgehead atoms. The van der Waals surface area contributed by atoms with E-state index in [9.17, 15) is 0 Å². The van der Waals surface area contributed by atoms with E-state index in [4.69, 9.17) is 0 Å². The van der Waals surface area contributed by atoms with Crippen molar-refractivity contribution in [3.8, 4) is 0 Å². The highest BCUT2D eigenvalue weighted by atomic mass is 79.9. The molecule has 0 N–H and O–H groups in total. The molecule has 16 heavy (non-hydrogen) atoms. The summed E-state index contributed by atoms with van der Waals surface area (Å²) in [6, 6.07) is 0. The number of halogens is 2. The molecule has 0 amide bonds. The van der Waals surface area contributed by atoms with Gasteiger partial charge in [-0.1, -0.05) is 39.0 Å². The van der Waals surface area contributed by atoms with E-state index < -0.39 is 0 Å². The van der Waals surface area contributed by atoms with Crippen LogP contribution in [0.5, 0.6) is 0 Å². The van der Waals surface area contributed by atoms with Crippen molar-refractivity contribution in [1.29, 1.82) is 0 Å². The van der Waals surface area contributed by atoms with Gasteiger partial charge >= 0.3 is 0 Å². The van der Waals surface area contributed by atoms with Crippen LogP contribution in [0.3, 0.4) is 0 Å². The first kappa shape index (κ1) is 26.0. The van der Waals surface area contributed by atoms with Crippen LogP contribution >= 0.6 is 26.9 Å². The first-order valence-electron chi connectivity index (χ1n) is 5.86. The van der Waals surface area contributed by atoms with Crippen LogP contribution in [0.4, 0.5) is 0 Å². The Kier molecular flexibility index (Phi) is 26.6. The molecular formula is C12H32Br2NP. The van der Waals surface area contributed by atoms with E-state index in [1.807, 2.05) is 0 Å². The fraction of sp³-hybridized carbons (Fsp3) is 1.00. The van der Waals surface area contributed by atoms with E-state index in [-0.39, 0.29) is 43.9 Å². The molecule has 4 heteroatoms. The van der Waals surface area contributed by atoms with Crippen molar-refractivity contribution in [2.75, 3.05) is 27.7 Å². The third kappa shape index (κ3) is 24.5. The van der Waals surface area contributed by atoms with Crippen molar-refractivity contribution in [2.45, 2.75) is 51.9 Å². The predicted octanol–water partition coefficient (Wildman–Crippen LogP) is 1.08. The Balaban J connectivity index is -0.000000240. The molecular weight excluding hydrogens is 349 g/mol. The minimum atomic E-state index is 0. The maximum absolute atomic E-state index is 2.27. The summed E-state index contributed by atoms with van der Waals surface area (Å²) in [6.45, 7) is 3.60. The Morgan fingerprint density at radius 2 is 1.12 bits per heavy atom. The normalized spacial score (nSPS) is 9.75. The average Bonchev–Trinajstić information content (AvgIpc) is 2.01. The highest BCUT2D eigenvalue weighted by Gasteiger charge is 2.04. The molecule has 0 aromatic heterocycles. The van der Waals surface area contributed by atoms with Gasteiger partial charge in [0.05, 0.1) is 27.7 Å². The minimum Gasteiger partial charge on any atom is -1.00 e. The molecule has 0 fully saturated rings. The van der Waals surface area contributed by atoms with Crippen LogP contribution in [0.1, 0.15) is 51.9 Å². The Morgan fingerprint density at radius 1 is 0.750 bits per heavy atom. The number of quaternary nitrogens is 1. The number of nitrogens with zero attached hydrogens (tertiary/aromatic N) is 1. The molecule has 0 aromatic rings. The molecule has 0 aromatic carbocycles. The van der Waals surface area contributed by atoms with E-state index in [1.54, 1.807) is 0 Å². The first-order chi connectivity index (χ1) is 6.06. The van der Waals surface area contributed by atoms with Gasteiger partial charge in [-0.2, -0.15) is 9.90 Å². The van der Waals surface area contributed by atoms with Gasteiger partial charge in [-0.25, -0.2) is 0 Å². The van der Waals surface area contributed by atoms with Crippen LogP contribution in [0.2, 0.25) is 0 Å². The lowest BCUT2D eigenvalue weighted by Crippen LogP contribution is -3.00. The second kappa shape index (κ2) is 16.4. The Bertz CT molecular complexity index is 116. The summed E-state index contributed by atoms with van der Waals surface area (Å²) in [7, 11) is 6.82. The molecule has 0 rings (SSSR count). The molecule has 0 aliphatic rings. The molecule has 1 unspecified atom stereocenters. The maximum Gasteiger partial charge on any atom is 0.0780 e. The maximum atomic E-state index is 2.27. The highest BCUT2D eigenvalue weighted by Crippen LogP contribution is 2.07. The summed E-state index contributed by atoms with van der Waals surface area (Å²) in [6.07, 6.45) is 9.95. The van der Waals surface area contributed by atoms with E-state index in [2.05, 4.69) is 28.1 Å². The summed E-state index contributed by atoms with van der Waals surface area (Å²) in [5, 5.41) is 0. The van der Waals surface area contributed by atoms with Gasteiger partial charge in [0.25, 0.3) is 0 Å². The standard InChI is InChI=1S/C12H28N.2BrH.H3P/c1-5-6-7-8-9-10-11-12-13(2,3)4;;;/h5-12H2,1-4H3;2*1H;1H3/q+1;;;/p-1. The average molecular weight is 381 g/mol. The van der Waals surface area contributed by atoms with Crippen LogP contribution in [-0.2, 0) is 0 Å². The molecule has 0 spiro atoms. The lowest BCUT2D eigenvalue weighted by atomic mass is 10.1. The van der Waals surface area contributed by atoms with Crippen molar-refractivity contribution in [3.05, 3.63) is 0 Å². The smallest absolute Gasteiger partial charge is 0.0780 e. The van der Waals surface area contributed by atoms with Gasteiger partial charge in [-0.3, -0.25) is 0 Å². The number of hydrogen-bond acceptors (Lipinski definition) is 0.